The molecule has 0 aromatic heterocycles. The number of carbonyl (C=O) groups excluding carboxylic acids is 1. The van der Waals surface area contributed by atoms with Crippen LogP contribution in [0, 0.1) is 11.7 Å². The fourth-order valence-corrected chi connectivity index (χ4v) is 3.23. The number of carboxylic acid groups (broad SMARTS) is 1. The second-order valence-electron chi connectivity index (χ2n) is 6.62. The van der Waals surface area contributed by atoms with Gasteiger partial charge in [0.2, 0.25) is 0 Å². The first-order valence-corrected chi connectivity index (χ1v) is 8.85. The first kappa shape index (κ1) is 18.4. The number of nitrogens with zero attached hydrogens (tertiary/aromatic N) is 1. The molecule has 3 rings (SSSR count). The summed E-state index contributed by atoms with van der Waals surface area (Å²) < 4.78 is 24.8. The fourth-order valence-electron chi connectivity index (χ4n) is 3.23. The van der Waals surface area contributed by atoms with Gasteiger partial charge in [-0.05, 0) is 25.0 Å². The van der Waals surface area contributed by atoms with E-state index < -0.39 is 23.7 Å². The Labute approximate surface area is 151 Å². The Morgan fingerprint density at radius 1 is 1.27 bits per heavy atom. The molecule has 1 unspecified atom stereocenters. The third kappa shape index (κ3) is 4.63. The van der Waals surface area contributed by atoms with Crippen molar-refractivity contribution in [3.63, 3.8) is 0 Å². The molecule has 142 valence electrons. The van der Waals surface area contributed by atoms with Gasteiger partial charge in [0, 0.05) is 32.0 Å². The molecular weight excluding hydrogens is 343 g/mol. The zero-order valence-corrected chi connectivity index (χ0v) is 14.4. The van der Waals surface area contributed by atoms with Crippen LogP contribution in [0.25, 0.3) is 0 Å². The number of urea groups is 1. The summed E-state index contributed by atoms with van der Waals surface area (Å²) in [6.45, 7) is 1.84. The molecule has 0 spiro atoms. The summed E-state index contributed by atoms with van der Waals surface area (Å²) in [6, 6.07) is 3.56. The highest BCUT2D eigenvalue weighted by Gasteiger charge is 2.28. The van der Waals surface area contributed by atoms with Crippen LogP contribution in [-0.2, 0) is 9.53 Å². The molecule has 26 heavy (non-hydrogen) atoms. The van der Waals surface area contributed by atoms with E-state index in [1.807, 2.05) is 0 Å². The molecular formula is C18H23FN2O5. The van der Waals surface area contributed by atoms with E-state index in [0.29, 0.717) is 51.1 Å². The Hall–Kier alpha value is -2.35. The minimum absolute atomic E-state index is 0.0902. The molecule has 2 fully saturated rings. The zero-order chi connectivity index (χ0) is 18.5. The lowest BCUT2D eigenvalue weighted by molar-refractivity contribution is -0.143. The van der Waals surface area contributed by atoms with Gasteiger partial charge in [-0.2, -0.15) is 0 Å². The first-order chi connectivity index (χ1) is 12.5. The van der Waals surface area contributed by atoms with E-state index in [9.17, 15) is 14.0 Å². The lowest BCUT2D eigenvalue weighted by Crippen LogP contribution is -2.44. The monoisotopic (exact) mass is 366 g/mol. The highest BCUT2D eigenvalue weighted by Crippen LogP contribution is 2.29. The Bertz CT molecular complexity index is 663. The molecule has 1 atom stereocenters. The first-order valence-electron chi connectivity index (χ1n) is 8.85. The summed E-state index contributed by atoms with van der Waals surface area (Å²) in [6.07, 6.45) is 2.52. The number of hydrogen-bond acceptors (Lipinski definition) is 4. The van der Waals surface area contributed by atoms with Crippen molar-refractivity contribution in [2.24, 2.45) is 5.92 Å². The van der Waals surface area contributed by atoms with Crippen molar-refractivity contribution in [2.75, 3.05) is 31.6 Å². The predicted octanol–water partition coefficient (Wildman–Crippen LogP) is 2.71. The molecule has 2 saturated heterocycles. The van der Waals surface area contributed by atoms with Gasteiger partial charge in [0.25, 0.3) is 0 Å². The van der Waals surface area contributed by atoms with Crippen LogP contribution in [0.4, 0.5) is 14.9 Å². The number of ether oxygens (including phenoxy) is 2. The standard InChI is InChI=1S/C18H23FN2O5/c19-13-3-4-15(16(10-13)26-14-5-8-25-9-6-14)20-18(24)21-7-1-2-12(11-21)17(22)23/h3-4,10,12,14H,1-2,5-9,11H2,(H,20,24)(H,22,23). The van der Waals surface area contributed by atoms with Gasteiger partial charge < -0.3 is 24.8 Å². The third-order valence-corrected chi connectivity index (χ3v) is 4.71. The van der Waals surface area contributed by atoms with Gasteiger partial charge in [-0.1, -0.05) is 0 Å². The quantitative estimate of drug-likeness (QED) is 0.855. The zero-order valence-electron chi connectivity index (χ0n) is 14.4. The lowest BCUT2D eigenvalue weighted by atomic mass is 9.99. The number of piperidine rings is 1. The number of rotatable bonds is 4. The average molecular weight is 366 g/mol. The molecule has 0 saturated carbocycles. The van der Waals surface area contributed by atoms with E-state index >= 15 is 0 Å². The molecule has 0 aliphatic carbocycles. The van der Waals surface area contributed by atoms with Crippen molar-refractivity contribution in [1.29, 1.82) is 0 Å². The van der Waals surface area contributed by atoms with Crippen LogP contribution in [0.2, 0.25) is 0 Å². The van der Waals surface area contributed by atoms with Crippen LogP contribution in [0.3, 0.4) is 0 Å². The van der Waals surface area contributed by atoms with Crippen LogP contribution in [0.15, 0.2) is 18.2 Å². The number of likely N-dealkylation sites (tertiary alicyclic amines) is 1. The van der Waals surface area contributed by atoms with Crippen LogP contribution in [0.5, 0.6) is 5.75 Å². The number of carboxylic acids is 1. The number of aliphatic carboxylic acids is 1. The molecule has 0 radical (unpaired) electrons. The van der Waals surface area contributed by atoms with E-state index in [4.69, 9.17) is 14.6 Å². The van der Waals surface area contributed by atoms with E-state index in [0.717, 1.165) is 0 Å². The lowest BCUT2D eigenvalue weighted by Gasteiger charge is -2.31. The van der Waals surface area contributed by atoms with Crippen LogP contribution < -0.4 is 10.1 Å². The van der Waals surface area contributed by atoms with Gasteiger partial charge in [-0.15, -0.1) is 0 Å². The molecule has 2 heterocycles. The van der Waals surface area contributed by atoms with Crippen LogP contribution in [0.1, 0.15) is 25.7 Å². The molecule has 2 aliphatic heterocycles. The number of nitrogens with one attached hydrogen (secondary N) is 1. The summed E-state index contributed by atoms with van der Waals surface area (Å²) in [5.74, 6) is -1.63. The largest absolute Gasteiger partial charge is 0.488 e. The van der Waals surface area contributed by atoms with Gasteiger partial charge in [0.05, 0.1) is 24.8 Å². The van der Waals surface area contributed by atoms with Crippen molar-refractivity contribution in [1.82, 2.24) is 4.90 Å². The number of halogens is 1. The Morgan fingerprint density at radius 2 is 2.04 bits per heavy atom. The molecule has 0 bridgehead atoms. The maximum atomic E-state index is 13.6. The van der Waals surface area contributed by atoms with Crippen molar-refractivity contribution in [3.8, 4) is 5.75 Å². The Kier molecular flexibility index (Phi) is 5.92. The van der Waals surface area contributed by atoms with Gasteiger partial charge >= 0.3 is 12.0 Å². The maximum absolute atomic E-state index is 13.6. The van der Waals surface area contributed by atoms with Crippen LogP contribution in [-0.4, -0.2) is 54.4 Å². The molecule has 2 N–H and O–H groups in total. The normalized spacial score (nSPS) is 21.3. The van der Waals surface area contributed by atoms with Gasteiger partial charge in [0.1, 0.15) is 17.7 Å². The van der Waals surface area contributed by atoms with Crippen molar-refractivity contribution in [2.45, 2.75) is 31.8 Å². The second-order valence-corrected chi connectivity index (χ2v) is 6.62. The van der Waals surface area contributed by atoms with Crippen molar-refractivity contribution < 1.29 is 28.6 Å². The summed E-state index contributed by atoms with van der Waals surface area (Å²) in [4.78, 5) is 25.2. The summed E-state index contributed by atoms with van der Waals surface area (Å²) >= 11 is 0. The number of hydrogen-bond donors (Lipinski definition) is 2. The molecule has 1 aromatic rings. The fraction of sp³-hybridized carbons (Fsp3) is 0.556. The third-order valence-electron chi connectivity index (χ3n) is 4.71. The number of benzene rings is 1. The molecule has 7 nitrogen and oxygen atoms in total. The average Bonchev–Trinajstić information content (AvgIpc) is 2.65. The van der Waals surface area contributed by atoms with Crippen LogP contribution >= 0.6 is 0 Å². The maximum Gasteiger partial charge on any atom is 0.321 e. The molecule has 2 amide bonds. The predicted molar refractivity (Wildman–Crippen MR) is 91.8 cm³/mol. The molecule has 8 heteroatoms. The van der Waals surface area contributed by atoms with Gasteiger partial charge in [-0.3, -0.25) is 4.79 Å². The Morgan fingerprint density at radius 3 is 2.77 bits per heavy atom. The van der Waals surface area contributed by atoms with Crippen molar-refractivity contribution in [3.05, 3.63) is 24.0 Å². The van der Waals surface area contributed by atoms with E-state index in [-0.39, 0.29) is 18.4 Å². The number of carbonyl (C=O) groups is 2. The van der Waals surface area contributed by atoms with Gasteiger partial charge in [0.15, 0.2) is 0 Å². The highest BCUT2D eigenvalue weighted by molar-refractivity contribution is 5.91. The summed E-state index contributed by atoms with van der Waals surface area (Å²) in [5.41, 5.74) is 0.375. The second kappa shape index (κ2) is 8.35. The van der Waals surface area contributed by atoms with E-state index in [1.54, 1.807) is 0 Å². The topological polar surface area (TPSA) is 88.1 Å². The number of amides is 2. The van der Waals surface area contributed by atoms with Gasteiger partial charge in [-0.25, -0.2) is 9.18 Å². The molecule has 2 aliphatic rings. The minimum Gasteiger partial charge on any atom is -0.488 e. The Balaban J connectivity index is 1.68. The highest BCUT2D eigenvalue weighted by atomic mass is 19.1. The minimum atomic E-state index is -0.896. The number of anilines is 1. The van der Waals surface area contributed by atoms with Crippen molar-refractivity contribution >= 4 is 17.7 Å². The van der Waals surface area contributed by atoms with E-state index in [1.165, 1.54) is 23.1 Å². The smallest absolute Gasteiger partial charge is 0.321 e. The molecule has 1 aromatic carbocycles. The summed E-state index contributed by atoms with van der Waals surface area (Å²) in [5, 5.41) is 11.9. The SMILES string of the molecule is O=C(O)C1CCCN(C(=O)Nc2ccc(F)cc2OC2CCOCC2)C1. The van der Waals surface area contributed by atoms with E-state index in [2.05, 4.69) is 5.32 Å². The summed E-state index contributed by atoms with van der Waals surface area (Å²) in [7, 11) is 0.